The van der Waals surface area contributed by atoms with Gasteiger partial charge in [-0.1, -0.05) is 17.7 Å². The van der Waals surface area contributed by atoms with Crippen molar-refractivity contribution in [1.29, 1.82) is 0 Å². The van der Waals surface area contributed by atoms with Gasteiger partial charge >= 0.3 is 0 Å². The molecule has 4 rings (SSSR count). The van der Waals surface area contributed by atoms with E-state index in [9.17, 15) is 4.79 Å². The number of fused-ring (bicyclic) bond motifs is 1. The standard InChI is InChI=1S/C21H18ClN3O3/c1-13-16(22)3-2-4-17(13)25-20-8-5-14(12-23-20)21(26)24-15-6-7-18-19(11-15)28-10-9-27-18/h2-8,11-12H,9-10H2,1H3,(H,23,25)(H,24,26). The molecule has 0 spiro atoms. The van der Waals surface area contributed by atoms with E-state index in [-0.39, 0.29) is 5.91 Å². The number of benzene rings is 2. The lowest BCUT2D eigenvalue weighted by molar-refractivity contribution is 0.102. The number of nitrogens with zero attached hydrogens (tertiary/aromatic N) is 1. The molecule has 6 nitrogen and oxygen atoms in total. The summed E-state index contributed by atoms with van der Waals surface area (Å²) >= 11 is 6.14. The number of aromatic nitrogens is 1. The van der Waals surface area contributed by atoms with Gasteiger partial charge in [0.25, 0.3) is 5.91 Å². The minimum Gasteiger partial charge on any atom is -0.486 e. The number of amides is 1. The molecule has 0 atom stereocenters. The lowest BCUT2D eigenvalue weighted by Crippen LogP contribution is -2.16. The van der Waals surface area contributed by atoms with Crippen LogP contribution in [-0.2, 0) is 0 Å². The molecular weight excluding hydrogens is 378 g/mol. The maximum absolute atomic E-state index is 12.5. The average Bonchev–Trinajstić information content (AvgIpc) is 2.72. The third-order valence-corrected chi connectivity index (χ3v) is 4.77. The quantitative estimate of drug-likeness (QED) is 0.663. The number of hydrogen-bond acceptors (Lipinski definition) is 5. The molecule has 2 heterocycles. The normalized spacial score (nSPS) is 12.4. The number of nitrogens with one attached hydrogen (secondary N) is 2. The smallest absolute Gasteiger partial charge is 0.257 e. The van der Waals surface area contributed by atoms with E-state index in [0.717, 1.165) is 11.3 Å². The van der Waals surface area contributed by atoms with Crippen LogP contribution >= 0.6 is 11.6 Å². The van der Waals surface area contributed by atoms with E-state index in [1.807, 2.05) is 25.1 Å². The summed E-state index contributed by atoms with van der Waals surface area (Å²) in [7, 11) is 0. The molecule has 1 aromatic heterocycles. The van der Waals surface area contributed by atoms with Gasteiger partial charge in [0.2, 0.25) is 0 Å². The summed E-state index contributed by atoms with van der Waals surface area (Å²) in [6.07, 6.45) is 1.52. The van der Waals surface area contributed by atoms with E-state index < -0.39 is 0 Å². The fourth-order valence-corrected chi connectivity index (χ4v) is 2.98. The third-order valence-electron chi connectivity index (χ3n) is 4.36. The largest absolute Gasteiger partial charge is 0.486 e. The first kappa shape index (κ1) is 18.1. The first-order valence-corrected chi connectivity index (χ1v) is 9.17. The van der Waals surface area contributed by atoms with Gasteiger partial charge in [-0.25, -0.2) is 4.98 Å². The molecule has 0 unspecified atom stereocenters. The zero-order chi connectivity index (χ0) is 19.5. The predicted molar refractivity (Wildman–Crippen MR) is 109 cm³/mol. The molecule has 2 N–H and O–H groups in total. The van der Waals surface area contributed by atoms with Gasteiger partial charge in [-0.05, 0) is 48.9 Å². The Balaban J connectivity index is 1.45. The highest BCUT2D eigenvalue weighted by Crippen LogP contribution is 2.32. The van der Waals surface area contributed by atoms with E-state index in [2.05, 4.69) is 15.6 Å². The van der Waals surface area contributed by atoms with Crippen molar-refractivity contribution in [2.24, 2.45) is 0 Å². The summed E-state index contributed by atoms with van der Waals surface area (Å²) in [5.41, 5.74) is 2.88. The van der Waals surface area contributed by atoms with Crippen molar-refractivity contribution in [3.63, 3.8) is 0 Å². The number of rotatable bonds is 4. The molecule has 0 bridgehead atoms. The Labute approximate surface area is 167 Å². The topological polar surface area (TPSA) is 72.5 Å². The van der Waals surface area contributed by atoms with Crippen molar-refractivity contribution < 1.29 is 14.3 Å². The number of halogens is 1. The second kappa shape index (κ2) is 7.78. The molecule has 0 radical (unpaired) electrons. The summed E-state index contributed by atoms with van der Waals surface area (Å²) in [5.74, 6) is 1.67. The van der Waals surface area contributed by atoms with Crippen LogP contribution in [0.15, 0.2) is 54.7 Å². The van der Waals surface area contributed by atoms with Gasteiger partial charge in [0.15, 0.2) is 11.5 Å². The van der Waals surface area contributed by atoms with E-state index in [1.54, 1.807) is 30.3 Å². The first-order valence-electron chi connectivity index (χ1n) is 8.79. The number of anilines is 3. The molecule has 142 valence electrons. The van der Waals surface area contributed by atoms with Crippen LogP contribution in [0.2, 0.25) is 5.02 Å². The summed E-state index contributed by atoms with van der Waals surface area (Å²) in [5, 5.41) is 6.73. The van der Waals surface area contributed by atoms with Crippen molar-refractivity contribution in [3.8, 4) is 11.5 Å². The molecule has 1 aliphatic rings. The Hall–Kier alpha value is -3.25. The number of hydrogen-bond donors (Lipinski definition) is 2. The van der Waals surface area contributed by atoms with E-state index in [4.69, 9.17) is 21.1 Å². The van der Waals surface area contributed by atoms with E-state index in [1.165, 1.54) is 6.20 Å². The van der Waals surface area contributed by atoms with Gasteiger partial charge in [0, 0.05) is 28.7 Å². The zero-order valence-corrected chi connectivity index (χ0v) is 15.9. The molecule has 3 aromatic rings. The average molecular weight is 396 g/mol. The van der Waals surface area contributed by atoms with Crippen LogP contribution in [0.3, 0.4) is 0 Å². The molecule has 0 aliphatic carbocycles. The van der Waals surface area contributed by atoms with Crippen molar-refractivity contribution >= 4 is 34.7 Å². The third kappa shape index (κ3) is 3.87. The van der Waals surface area contributed by atoms with Crippen LogP contribution in [0.4, 0.5) is 17.2 Å². The van der Waals surface area contributed by atoms with Crippen molar-refractivity contribution in [2.45, 2.75) is 6.92 Å². The van der Waals surface area contributed by atoms with Crippen LogP contribution in [0.1, 0.15) is 15.9 Å². The Morgan fingerprint density at radius 1 is 1.07 bits per heavy atom. The minimum atomic E-state index is -0.255. The monoisotopic (exact) mass is 395 g/mol. The molecule has 2 aromatic carbocycles. The molecule has 0 fully saturated rings. The number of carbonyl (C=O) groups excluding carboxylic acids is 1. The Morgan fingerprint density at radius 2 is 1.89 bits per heavy atom. The van der Waals surface area contributed by atoms with E-state index >= 15 is 0 Å². The van der Waals surface area contributed by atoms with Crippen LogP contribution in [-0.4, -0.2) is 24.1 Å². The molecule has 28 heavy (non-hydrogen) atoms. The highest BCUT2D eigenvalue weighted by atomic mass is 35.5. The predicted octanol–water partition coefficient (Wildman–Crippen LogP) is 4.81. The highest BCUT2D eigenvalue weighted by Gasteiger charge is 2.14. The number of pyridine rings is 1. The van der Waals surface area contributed by atoms with E-state index in [0.29, 0.717) is 46.8 Å². The summed E-state index contributed by atoms with van der Waals surface area (Å²) in [6.45, 7) is 2.95. The molecule has 0 saturated carbocycles. The molecule has 1 aliphatic heterocycles. The van der Waals surface area contributed by atoms with Crippen LogP contribution < -0.4 is 20.1 Å². The van der Waals surface area contributed by atoms with Gasteiger partial charge < -0.3 is 20.1 Å². The van der Waals surface area contributed by atoms with Crippen LogP contribution in [0.25, 0.3) is 0 Å². The van der Waals surface area contributed by atoms with Crippen LogP contribution in [0, 0.1) is 6.92 Å². The fourth-order valence-electron chi connectivity index (χ4n) is 2.81. The maximum Gasteiger partial charge on any atom is 0.257 e. The lowest BCUT2D eigenvalue weighted by atomic mass is 10.2. The zero-order valence-electron chi connectivity index (χ0n) is 15.2. The Morgan fingerprint density at radius 3 is 2.68 bits per heavy atom. The molecule has 1 amide bonds. The SMILES string of the molecule is Cc1c(Cl)cccc1Nc1ccc(C(=O)Nc2ccc3c(c2)OCCO3)cn1. The van der Waals surface area contributed by atoms with Gasteiger partial charge in [0.05, 0.1) is 5.56 Å². The van der Waals surface area contributed by atoms with Crippen molar-refractivity contribution in [3.05, 3.63) is 70.9 Å². The Kier molecular flexibility index (Phi) is 5.04. The number of ether oxygens (including phenoxy) is 2. The van der Waals surface area contributed by atoms with Gasteiger partial charge in [-0.3, -0.25) is 4.79 Å². The summed E-state index contributed by atoms with van der Waals surface area (Å²) < 4.78 is 11.0. The second-order valence-corrected chi connectivity index (χ2v) is 6.69. The van der Waals surface area contributed by atoms with Gasteiger partial charge in [-0.2, -0.15) is 0 Å². The fraction of sp³-hybridized carbons (Fsp3) is 0.143. The van der Waals surface area contributed by atoms with Crippen LogP contribution in [0.5, 0.6) is 11.5 Å². The maximum atomic E-state index is 12.5. The van der Waals surface area contributed by atoms with Crippen molar-refractivity contribution in [2.75, 3.05) is 23.8 Å². The first-order chi connectivity index (χ1) is 13.6. The highest BCUT2D eigenvalue weighted by molar-refractivity contribution is 6.31. The van der Waals surface area contributed by atoms with Gasteiger partial charge in [0.1, 0.15) is 19.0 Å². The van der Waals surface area contributed by atoms with Crippen molar-refractivity contribution in [1.82, 2.24) is 4.98 Å². The minimum absolute atomic E-state index is 0.255. The Bertz CT molecular complexity index is 1020. The molecule has 7 heteroatoms. The van der Waals surface area contributed by atoms with Gasteiger partial charge in [-0.15, -0.1) is 0 Å². The second-order valence-electron chi connectivity index (χ2n) is 6.28. The summed E-state index contributed by atoms with van der Waals surface area (Å²) in [4.78, 5) is 16.8. The lowest BCUT2D eigenvalue weighted by Gasteiger charge is -2.19. The molecular formula is C21H18ClN3O3. The summed E-state index contributed by atoms with van der Waals surface area (Å²) in [6, 6.07) is 14.4. The molecule has 0 saturated heterocycles. The number of carbonyl (C=O) groups is 1.